The molecule has 1 aromatic rings. The summed E-state index contributed by atoms with van der Waals surface area (Å²) in [6, 6.07) is 7.15. The molecular formula is C16H20N2O4. The molecule has 22 heavy (non-hydrogen) atoms. The summed E-state index contributed by atoms with van der Waals surface area (Å²) in [6.07, 6.45) is 2.08. The molecule has 1 aliphatic heterocycles. The summed E-state index contributed by atoms with van der Waals surface area (Å²) < 4.78 is 10.3. The van der Waals surface area contributed by atoms with Crippen molar-refractivity contribution in [1.29, 1.82) is 0 Å². The van der Waals surface area contributed by atoms with Gasteiger partial charge in [-0.05, 0) is 24.3 Å². The van der Waals surface area contributed by atoms with Gasteiger partial charge in [0.1, 0.15) is 5.75 Å². The number of ether oxygens (including phenoxy) is 2. The molecule has 0 bridgehead atoms. The topological polar surface area (TPSA) is 59.1 Å². The van der Waals surface area contributed by atoms with Crippen LogP contribution in [0.25, 0.3) is 0 Å². The molecule has 6 heteroatoms. The van der Waals surface area contributed by atoms with Gasteiger partial charge in [0.25, 0.3) is 5.91 Å². The highest BCUT2D eigenvalue weighted by atomic mass is 16.5. The van der Waals surface area contributed by atoms with Crippen LogP contribution in [0.3, 0.4) is 0 Å². The van der Waals surface area contributed by atoms with E-state index in [1.54, 1.807) is 38.4 Å². The zero-order valence-electron chi connectivity index (χ0n) is 12.8. The lowest BCUT2D eigenvalue weighted by molar-refractivity contribution is -0.114. The average Bonchev–Trinajstić information content (AvgIpc) is 2.59. The predicted octanol–water partition coefficient (Wildman–Crippen LogP) is 1.07. The maximum atomic E-state index is 12.3. The van der Waals surface area contributed by atoms with Gasteiger partial charge in [-0.15, -0.1) is 0 Å². The lowest BCUT2D eigenvalue weighted by Crippen LogP contribution is -2.37. The van der Waals surface area contributed by atoms with Crippen LogP contribution < -0.4 is 9.64 Å². The van der Waals surface area contributed by atoms with Crippen LogP contribution in [0.5, 0.6) is 5.75 Å². The summed E-state index contributed by atoms with van der Waals surface area (Å²) in [6.45, 7) is 2.36. The van der Waals surface area contributed by atoms with E-state index in [4.69, 9.17) is 9.47 Å². The second-order valence-electron chi connectivity index (χ2n) is 4.88. The maximum absolute atomic E-state index is 12.3. The van der Waals surface area contributed by atoms with Crippen molar-refractivity contribution in [2.75, 3.05) is 45.4 Å². The predicted molar refractivity (Wildman–Crippen MR) is 82.9 cm³/mol. The third-order valence-electron chi connectivity index (χ3n) is 3.56. The monoisotopic (exact) mass is 304 g/mol. The molecular weight excluding hydrogens is 284 g/mol. The smallest absolute Gasteiger partial charge is 0.252 e. The summed E-state index contributed by atoms with van der Waals surface area (Å²) in [5.74, 6) is 0.473. The second kappa shape index (κ2) is 7.61. The zero-order chi connectivity index (χ0) is 15.9. The summed E-state index contributed by atoms with van der Waals surface area (Å²) in [5.41, 5.74) is 1.11. The Morgan fingerprint density at radius 1 is 1.27 bits per heavy atom. The minimum Gasteiger partial charge on any atom is -0.497 e. The number of benzene rings is 1. The molecule has 1 aromatic carbocycles. The van der Waals surface area contributed by atoms with Gasteiger partial charge in [-0.3, -0.25) is 9.59 Å². The molecule has 2 rings (SSSR count). The summed E-state index contributed by atoms with van der Waals surface area (Å²) >= 11 is 0. The van der Waals surface area contributed by atoms with E-state index in [1.165, 1.54) is 11.0 Å². The molecule has 1 heterocycles. The van der Waals surface area contributed by atoms with Crippen LogP contribution in [-0.4, -0.2) is 57.6 Å². The number of amides is 1. The van der Waals surface area contributed by atoms with Gasteiger partial charge in [-0.25, -0.2) is 0 Å². The maximum Gasteiger partial charge on any atom is 0.252 e. The fourth-order valence-electron chi connectivity index (χ4n) is 2.18. The zero-order valence-corrected chi connectivity index (χ0v) is 12.8. The van der Waals surface area contributed by atoms with Gasteiger partial charge in [0.15, 0.2) is 6.29 Å². The van der Waals surface area contributed by atoms with Crippen LogP contribution >= 0.6 is 0 Å². The van der Waals surface area contributed by atoms with E-state index < -0.39 is 0 Å². The van der Waals surface area contributed by atoms with Crippen molar-refractivity contribution in [3.8, 4) is 5.75 Å². The molecule has 6 nitrogen and oxygen atoms in total. The number of likely N-dealkylation sites (N-methyl/N-ethyl adjacent to an activating group) is 1. The van der Waals surface area contributed by atoms with Gasteiger partial charge < -0.3 is 19.3 Å². The average molecular weight is 304 g/mol. The highest BCUT2D eigenvalue weighted by molar-refractivity contribution is 6.03. The minimum absolute atomic E-state index is 0.251. The van der Waals surface area contributed by atoms with Crippen molar-refractivity contribution in [2.45, 2.75) is 0 Å². The number of rotatable bonds is 5. The Hall–Kier alpha value is -2.34. The molecule has 0 saturated carbocycles. The third-order valence-corrected chi connectivity index (χ3v) is 3.56. The molecule has 0 atom stereocenters. The molecule has 0 aromatic heterocycles. The number of nitrogens with zero attached hydrogens (tertiary/aromatic N) is 2. The fourth-order valence-corrected chi connectivity index (χ4v) is 2.18. The first-order valence-electron chi connectivity index (χ1n) is 7.07. The van der Waals surface area contributed by atoms with E-state index in [0.29, 0.717) is 38.3 Å². The summed E-state index contributed by atoms with van der Waals surface area (Å²) in [5, 5.41) is 0. The van der Waals surface area contributed by atoms with E-state index in [9.17, 15) is 9.59 Å². The van der Waals surface area contributed by atoms with Crippen molar-refractivity contribution in [2.24, 2.45) is 0 Å². The van der Waals surface area contributed by atoms with Crippen LogP contribution in [0.2, 0.25) is 0 Å². The van der Waals surface area contributed by atoms with Gasteiger partial charge in [0.05, 0.1) is 26.0 Å². The standard InChI is InChI=1S/C16H20N2O4/c1-17(13-3-5-15(21-2)6-4-13)16(20)11-14(12-19)18-7-9-22-10-8-18/h3-6,11-12H,7-10H2,1-2H3/b14-11+. The van der Waals surface area contributed by atoms with Crippen molar-refractivity contribution in [1.82, 2.24) is 4.90 Å². The highest BCUT2D eigenvalue weighted by Crippen LogP contribution is 2.18. The molecule has 0 radical (unpaired) electrons. The molecule has 1 amide bonds. The van der Waals surface area contributed by atoms with Crippen LogP contribution in [-0.2, 0) is 14.3 Å². The number of allylic oxidation sites excluding steroid dienone is 1. The van der Waals surface area contributed by atoms with Crippen molar-refractivity contribution < 1.29 is 19.1 Å². The number of aldehydes is 1. The van der Waals surface area contributed by atoms with Gasteiger partial charge in [0, 0.05) is 31.9 Å². The molecule has 0 spiro atoms. The van der Waals surface area contributed by atoms with Gasteiger partial charge >= 0.3 is 0 Å². The number of morpholine rings is 1. The van der Waals surface area contributed by atoms with E-state index in [1.807, 2.05) is 4.90 Å². The van der Waals surface area contributed by atoms with Gasteiger partial charge in [0.2, 0.25) is 0 Å². The van der Waals surface area contributed by atoms with E-state index in [0.717, 1.165) is 11.4 Å². The normalized spacial score (nSPS) is 15.4. The van der Waals surface area contributed by atoms with E-state index in [-0.39, 0.29) is 5.91 Å². The number of hydrogen-bond acceptors (Lipinski definition) is 5. The first-order valence-corrected chi connectivity index (χ1v) is 7.07. The number of carbonyl (C=O) groups excluding carboxylic acids is 2. The van der Waals surface area contributed by atoms with Gasteiger partial charge in [-0.1, -0.05) is 0 Å². The van der Waals surface area contributed by atoms with Crippen molar-refractivity contribution >= 4 is 17.9 Å². The number of methoxy groups -OCH3 is 1. The Kier molecular flexibility index (Phi) is 5.55. The SMILES string of the molecule is COc1ccc(N(C)C(=O)/C=C(\C=O)N2CCOCC2)cc1. The Bertz CT molecular complexity index is 548. The summed E-state index contributed by atoms with van der Waals surface area (Å²) in [4.78, 5) is 26.9. The van der Waals surface area contributed by atoms with E-state index in [2.05, 4.69) is 0 Å². The highest BCUT2D eigenvalue weighted by Gasteiger charge is 2.16. The second-order valence-corrected chi connectivity index (χ2v) is 4.88. The van der Waals surface area contributed by atoms with Crippen LogP contribution in [0.4, 0.5) is 5.69 Å². The van der Waals surface area contributed by atoms with Crippen LogP contribution in [0, 0.1) is 0 Å². The van der Waals surface area contributed by atoms with Crippen molar-refractivity contribution in [3.05, 3.63) is 36.0 Å². The molecule has 1 saturated heterocycles. The summed E-state index contributed by atoms with van der Waals surface area (Å²) in [7, 11) is 3.26. The Morgan fingerprint density at radius 3 is 2.45 bits per heavy atom. The molecule has 118 valence electrons. The largest absolute Gasteiger partial charge is 0.497 e. The molecule has 0 aliphatic carbocycles. The Balaban J connectivity index is 2.10. The molecule has 0 N–H and O–H groups in total. The Morgan fingerprint density at radius 2 is 1.91 bits per heavy atom. The molecule has 1 aliphatic rings. The number of anilines is 1. The lowest BCUT2D eigenvalue weighted by Gasteiger charge is -2.28. The Labute approximate surface area is 129 Å². The van der Waals surface area contributed by atoms with Crippen molar-refractivity contribution in [3.63, 3.8) is 0 Å². The van der Waals surface area contributed by atoms with Crippen LogP contribution in [0.15, 0.2) is 36.0 Å². The lowest BCUT2D eigenvalue weighted by atomic mass is 10.2. The quantitative estimate of drug-likeness (QED) is 0.602. The fraction of sp³-hybridized carbons (Fsp3) is 0.375. The third kappa shape index (κ3) is 3.85. The van der Waals surface area contributed by atoms with Gasteiger partial charge in [-0.2, -0.15) is 0 Å². The first-order chi connectivity index (χ1) is 10.7. The number of hydrogen-bond donors (Lipinski definition) is 0. The van der Waals surface area contributed by atoms with E-state index >= 15 is 0 Å². The first kappa shape index (κ1) is 16.0. The number of carbonyl (C=O) groups is 2. The molecule has 1 fully saturated rings. The molecule has 0 unspecified atom stereocenters. The minimum atomic E-state index is -0.251. The van der Waals surface area contributed by atoms with Crippen LogP contribution in [0.1, 0.15) is 0 Å².